The number of hydrogen-bond donors (Lipinski definition) is 0. The van der Waals surface area contributed by atoms with E-state index in [9.17, 15) is 4.79 Å². The van der Waals surface area contributed by atoms with Gasteiger partial charge in [-0.2, -0.15) is 0 Å². The molecule has 1 aromatic rings. The molecule has 0 saturated heterocycles. The molecule has 0 radical (unpaired) electrons. The topological polar surface area (TPSA) is 28.5 Å². The molecular formula is C14H25N3O. The molecule has 0 bridgehead atoms. The van der Waals surface area contributed by atoms with Gasteiger partial charge in [0.15, 0.2) is 5.78 Å². The van der Waals surface area contributed by atoms with Crippen LogP contribution in [-0.4, -0.2) is 60.4 Å². The predicted molar refractivity (Wildman–Crippen MR) is 75.0 cm³/mol. The first kappa shape index (κ1) is 14.9. The number of carbonyl (C=O) groups is 1. The second-order valence-corrected chi connectivity index (χ2v) is 5.01. The Kier molecular flexibility index (Phi) is 6.09. The zero-order chi connectivity index (χ0) is 13.5. The van der Waals surface area contributed by atoms with Gasteiger partial charge in [-0.1, -0.05) is 6.92 Å². The molecule has 18 heavy (non-hydrogen) atoms. The third kappa shape index (κ3) is 4.63. The molecule has 4 nitrogen and oxygen atoms in total. The summed E-state index contributed by atoms with van der Waals surface area (Å²) in [5, 5.41) is 0. The van der Waals surface area contributed by atoms with Gasteiger partial charge >= 0.3 is 0 Å². The van der Waals surface area contributed by atoms with Crippen LogP contribution in [0.15, 0.2) is 18.3 Å². The van der Waals surface area contributed by atoms with E-state index in [2.05, 4.69) is 30.8 Å². The fourth-order valence-electron chi connectivity index (χ4n) is 1.96. The lowest BCUT2D eigenvalue weighted by Gasteiger charge is -2.22. The van der Waals surface area contributed by atoms with Crippen molar-refractivity contribution in [3.05, 3.63) is 24.0 Å². The minimum absolute atomic E-state index is 0.203. The Balaban J connectivity index is 2.55. The van der Waals surface area contributed by atoms with Crippen molar-refractivity contribution in [3.8, 4) is 0 Å². The highest BCUT2D eigenvalue weighted by Crippen LogP contribution is 2.03. The minimum Gasteiger partial charge on any atom is -0.348 e. The van der Waals surface area contributed by atoms with Crippen LogP contribution < -0.4 is 0 Å². The van der Waals surface area contributed by atoms with Gasteiger partial charge in [-0.05, 0) is 39.2 Å². The first-order valence-corrected chi connectivity index (χ1v) is 6.56. The van der Waals surface area contributed by atoms with Gasteiger partial charge in [0.25, 0.3) is 0 Å². The molecule has 102 valence electrons. The lowest BCUT2D eigenvalue weighted by Crippen LogP contribution is -2.36. The Labute approximate surface area is 110 Å². The highest BCUT2D eigenvalue weighted by Gasteiger charge is 2.14. The summed E-state index contributed by atoms with van der Waals surface area (Å²) in [5.74, 6) is 0.203. The maximum absolute atomic E-state index is 12.2. The fraction of sp³-hybridized carbons (Fsp3) is 0.643. The fourth-order valence-corrected chi connectivity index (χ4v) is 1.96. The minimum atomic E-state index is 0.203. The van der Waals surface area contributed by atoms with E-state index in [0.717, 1.165) is 31.7 Å². The quantitative estimate of drug-likeness (QED) is 0.655. The van der Waals surface area contributed by atoms with Crippen LogP contribution in [0.4, 0.5) is 0 Å². The van der Waals surface area contributed by atoms with E-state index in [0.29, 0.717) is 6.54 Å². The lowest BCUT2D eigenvalue weighted by molar-refractivity contribution is 0.0917. The van der Waals surface area contributed by atoms with E-state index in [1.165, 1.54) is 0 Å². The highest BCUT2D eigenvalue weighted by molar-refractivity contribution is 5.96. The summed E-state index contributed by atoms with van der Waals surface area (Å²) in [4.78, 5) is 16.6. The Morgan fingerprint density at radius 1 is 1.28 bits per heavy atom. The highest BCUT2D eigenvalue weighted by atomic mass is 16.1. The molecule has 1 rings (SSSR count). The molecule has 0 spiro atoms. The summed E-state index contributed by atoms with van der Waals surface area (Å²) in [6, 6.07) is 3.80. The van der Waals surface area contributed by atoms with Crippen LogP contribution in [0.2, 0.25) is 0 Å². The van der Waals surface area contributed by atoms with Gasteiger partial charge in [0.1, 0.15) is 0 Å². The summed E-state index contributed by atoms with van der Waals surface area (Å²) >= 11 is 0. The molecule has 0 aromatic carbocycles. The molecule has 1 heterocycles. The van der Waals surface area contributed by atoms with Crippen LogP contribution in [0.3, 0.4) is 0 Å². The zero-order valence-electron chi connectivity index (χ0n) is 12.0. The Bertz CT molecular complexity index is 371. The number of aryl methyl sites for hydroxylation is 1. The van der Waals surface area contributed by atoms with Crippen molar-refractivity contribution in [2.75, 3.05) is 40.3 Å². The Morgan fingerprint density at radius 3 is 2.50 bits per heavy atom. The van der Waals surface area contributed by atoms with Crippen molar-refractivity contribution in [2.24, 2.45) is 7.05 Å². The largest absolute Gasteiger partial charge is 0.348 e. The molecule has 0 saturated carbocycles. The molecule has 0 N–H and O–H groups in total. The van der Waals surface area contributed by atoms with Crippen LogP contribution >= 0.6 is 0 Å². The van der Waals surface area contributed by atoms with Crippen LogP contribution in [0.5, 0.6) is 0 Å². The summed E-state index contributed by atoms with van der Waals surface area (Å²) in [7, 11) is 6.03. The van der Waals surface area contributed by atoms with Crippen molar-refractivity contribution in [1.82, 2.24) is 14.4 Å². The number of aromatic nitrogens is 1. The second kappa shape index (κ2) is 7.34. The third-order valence-electron chi connectivity index (χ3n) is 3.00. The zero-order valence-corrected chi connectivity index (χ0v) is 12.0. The molecule has 0 aliphatic carbocycles. The summed E-state index contributed by atoms with van der Waals surface area (Å²) in [5.41, 5.74) is 0.793. The number of carbonyl (C=O) groups excluding carboxylic acids is 1. The Hall–Kier alpha value is -1.13. The van der Waals surface area contributed by atoms with Crippen molar-refractivity contribution < 1.29 is 4.79 Å². The Morgan fingerprint density at radius 2 is 2.00 bits per heavy atom. The first-order valence-electron chi connectivity index (χ1n) is 6.56. The molecule has 0 unspecified atom stereocenters. The molecule has 0 aliphatic rings. The van der Waals surface area contributed by atoms with Gasteiger partial charge < -0.3 is 9.47 Å². The van der Waals surface area contributed by atoms with Crippen LogP contribution in [0, 0.1) is 0 Å². The van der Waals surface area contributed by atoms with Crippen molar-refractivity contribution >= 4 is 5.78 Å². The van der Waals surface area contributed by atoms with E-state index in [1.807, 2.05) is 29.9 Å². The summed E-state index contributed by atoms with van der Waals surface area (Å²) in [6.07, 6.45) is 2.99. The van der Waals surface area contributed by atoms with E-state index < -0.39 is 0 Å². The number of ketones is 1. The summed E-state index contributed by atoms with van der Waals surface area (Å²) < 4.78 is 1.89. The molecule has 0 amide bonds. The second-order valence-electron chi connectivity index (χ2n) is 5.01. The van der Waals surface area contributed by atoms with Crippen LogP contribution in [-0.2, 0) is 7.05 Å². The molecule has 0 fully saturated rings. The van der Waals surface area contributed by atoms with E-state index in [1.54, 1.807) is 0 Å². The SMILES string of the molecule is CCCN(CCN(C)C)CC(=O)c1cccn1C. The number of hydrogen-bond acceptors (Lipinski definition) is 3. The van der Waals surface area contributed by atoms with E-state index >= 15 is 0 Å². The van der Waals surface area contributed by atoms with Gasteiger partial charge in [-0.15, -0.1) is 0 Å². The molecule has 1 aromatic heterocycles. The van der Waals surface area contributed by atoms with Gasteiger partial charge in [0, 0.05) is 26.3 Å². The first-order chi connectivity index (χ1) is 8.54. The van der Waals surface area contributed by atoms with Crippen LogP contribution in [0.25, 0.3) is 0 Å². The number of Topliss-reactive ketones (excluding diaryl/α,β-unsaturated/α-hetero) is 1. The number of rotatable bonds is 8. The van der Waals surface area contributed by atoms with Gasteiger partial charge in [0.05, 0.1) is 12.2 Å². The van der Waals surface area contributed by atoms with Crippen LogP contribution in [0.1, 0.15) is 23.8 Å². The van der Waals surface area contributed by atoms with E-state index in [4.69, 9.17) is 0 Å². The van der Waals surface area contributed by atoms with Gasteiger partial charge in [0.2, 0.25) is 0 Å². The average molecular weight is 251 g/mol. The van der Waals surface area contributed by atoms with Crippen molar-refractivity contribution in [1.29, 1.82) is 0 Å². The van der Waals surface area contributed by atoms with Gasteiger partial charge in [-0.25, -0.2) is 0 Å². The molecule has 4 heteroatoms. The monoisotopic (exact) mass is 251 g/mol. The maximum atomic E-state index is 12.2. The third-order valence-corrected chi connectivity index (χ3v) is 3.00. The predicted octanol–water partition coefficient (Wildman–Crippen LogP) is 1.48. The summed E-state index contributed by atoms with van der Waals surface area (Å²) in [6.45, 7) is 5.57. The molecule has 0 atom stereocenters. The average Bonchev–Trinajstić information content (AvgIpc) is 2.72. The standard InChI is InChI=1S/C14H25N3O/c1-5-8-17(11-10-15(2)3)12-14(18)13-7-6-9-16(13)4/h6-7,9H,5,8,10-12H2,1-4H3. The van der Waals surface area contributed by atoms with Crippen molar-refractivity contribution in [2.45, 2.75) is 13.3 Å². The van der Waals surface area contributed by atoms with Crippen molar-refractivity contribution in [3.63, 3.8) is 0 Å². The molecule has 0 aliphatic heterocycles. The normalized spacial score (nSPS) is 11.4. The van der Waals surface area contributed by atoms with E-state index in [-0.39, 0.29) is 5.78 Å². The molecular weight excluding hydrogens is 226 g/mol. The number of nitrogens with zero attached hydrogens (tertiary/aromatic N) is 3. The maximum Gasteiger partial charge on any atom is 0.193 e. The lowest BCUT2D eigenvalue weighted by atomic mass is 10.2. The smallest absolute Gasteiger partial charge is 0.193 e. The number of likely N-dealkylation sites (N-methyl/N-ethyl adjacent to an activating group) is 1. The van der Waals surface area contributed by atoms with Gasteiger partial charge in [-0.3, -0.25) is 9.69 Å².